The highest BCUT2D eigenvalue weighted by atomic mass is 35.5. The maximum Gasteiger partial charge on any atom is 0.511 e. The standard InChI is InChI=1S/C22H32ClN3O5S.CH2F3NO2S/c1-6-7-8-18-24-20(23)17(14-27)26(18)13-15-9-11-16(12-10-15)32(30,31)25(5)19(21(28)29)22(2,3)4;2-1(3,4)8(5,6)7/h9-12,19,27H,6-8,13-14H2,1-5H3,(H,28,29);(H2,5,6,7)/t19-;/m1./s1. The van der Waals surface area contributed by atoms with Crippen LogP contribution < -0.4 is 5.14 Å². The number of carbonyl (C=O) groups is 1. The fraction of sp³-hybridized carbons (Fsp3) is 0.565. The Morgan fingerprint density at radius 3 is 2.02 bits per heavy atom. The third kappa shape index (κ3) is 9.14. The number of aliphatic hydroxyl groups is 1. The van der Waals surface area contributed by atoms with Gasteiger partial charge in [-0.2, -0.15) is 17.5 Å². The second-order valence-corrected chi connectivity index (χ2v) is 13.8. The van der Waals surface area contributed by atoms with Crippen molar-refractivity contribution < 1.29 is 45.0 Å². The maximum absolute atomic E-state index is 13.1. The van der Waals surface area contributed by atoms with E-state index < -0.39 is 43.0 Å². The largest absolute Gasteiger partial charge is 0.511 e. The number of benzene rings is 1. The average molecular weight is 635 g/mol. The number of aliphatic hydroxyl groups excluding tert-OH is 1. The smallest absolute Gasteiger partial charge is 0.480 e. The van der Waals surface area contributed by atoms with Gasteiger partial charge < -0.3 is 14.8 Å². The molecular weight excluding hydrogens is 601 g/mol. The van der Waals surface area contributed by atoms with Crippen molar-refractivity contribution in [2.75, 3.05) is 7.05 Å². The highest BCUT2D eigenvalue weighted by Crippen LogP contribution is 2.29. The number of likely N-dealkylation sites (N-methyl/N-ethyl adjacent to an activating group) is 1. The molecule has 1 atom stereocenters. The zero-order chi connectivity index (χ0) is 31.3. The summed E-state index contributed by atoms with van der Waals surface area (Å²) >= 11 is 6.18. The third-order valence-electron chi connectivity index (χ3n) is 5.69. The number of hydrogen-bond acceptors (Lipinski definition) is 7. The maximum atomic E-state index is 13.1. The summed E-state index contributed by atoms with van der Waals surface area (Å²) in [7, 11) is -8.07. The van der Waals surface area contributed by atoms with Crippen LogP contribution >= 0.6 is 11.6 Å². The van der Waals surface area contributed by atoms with E-state index in [0.29, 0.717) is 12.2 Å². The molecule has 1 aromatic heterocycles. The van der Waals surface area contributed by atoms with Crippen molar-refractivity contribution in [3.63, 3.8) is 0 Å². The van der Waals surface area contributed by atoms with Gasteiger partial charge in [-0.15, -0.1) is 0 Å². The molecule has 2 aromatic rings. The molecule has 40 heavy (non-hydrogen) atoms. The number of sulfonamides is 2. The first-order valence-electron chi connectivity index (χ1n) is 11.8. The molecule has 0 spiro atoms. The lowest BCUT2D eigenvalue weighted by Crippen LogP contribution is -2.49. The van der Waals surface area contributed by atoms with Crippen molar-refractivity contribution in [1.29, 1.82) is 0 Å². The van der Waals surface area contributed by atoms with Gasteiger partial charge in [0.05, 0.1) is 17.2 Å². The fourth-order valence-corrected chi connectivity index (χ4v) is 5.45. The summed E-state index contributed by atoms with van der Waals surface area (Å²) in [5.41, 5.74) is -4.78. The molecule has 0 saturated heterocycles. The summed E-state index contributed by atoms with van der Waals surface area (Å²) in [6.45, 7) is 7.26. The number of imidazole rings is 1. The number of aliphatic carboxylic acids is 1. The highest BCUT2D eigenvalue weighted by molar-refractivity contribution is 7.90. The molecule has 0 aliphatic heterocycles. The number of aromatic nitrogens is 2. The van der Waals surface area contributed by atoms with Crippen molar-refractivity contribution in [3.8, 4) is 0 Å². The Bertz CT molecular complexity index is 1370. The van der Waals surface area contributed by atoms with Crippen LogP contribution in [0.1, 0.15) is 57.6 Å². The Labute approximate surface area is 236 Å². The van der Waals surface area contributed by atoms with Crippen molar-refractivity contribution >= 4 is 37.6 Å². The normalized spacial score (nSPS) is 13.6. The Morgan fingerprint density at radius 1 is 1.15 bits per heavy atom. The van der Waals surface area contributed by atoms with Gasteiger partial charge in [-0.05, 0) is 29.5 Å². The molecule has 0 radical (unpaired) electrons. The number of halogens is 4. The van der Waals surface area contributed by atoms with E-state index in [9.17, 15) is 45.0 Å². The predicted molar refractivity (Wildman–Crippen MR) is 142 cm³/mol. The molecule has 0 aliphatic carbocycles. The van der Waals surface area contributed by atoms with Gasteiger partial charge in [0.15, 0.2) is 5.15 Å². The van der Waals surface area contributed by atoms with Crippen LogP contribution in [-0.4, -0.2) is 65.5 Å². The number of primary sulfonamides is 1. The first-order valence-corrected chi connectivity index (χ1v) is 15.2. The van der Waals surface area contributed by atoms with Crippen LogP contribution in [-0.2, 0) is 44.4 Å². The van der Waals surface area contributed by atoms with Gasteiger partial charge in [-0.1, -0.05) is 57.8 Å². The summed E-state index contributed by atoms with van der Waals surface area (Å²) in [6, 6.07) is 5.06. The van der Waals surface area contributed by atoms with Gasteiger partial charge in [-0.25, -0.2) is 27.0 Å². The number of nitrogens with two attached hydrogens (primary N) is 1. The molecule has 0 fully saturated rings. The van der Waals surface area contributed by atoms with Crippen molar-refractivity contribution in [3.05, 3.63) is 46.5 Å². The zero-order valence-electron chi connectivity index (χ0n) is 22.6. The van der Waals surface area contributed by atoms with E-state index in [1.165, 1.54) is 19.2 Å². The quantitative estimate of drug-likeness (QED) is 0.357. The van der Waals surface area contributed by atoms with E-state index >= 15 is 0 Å². The van der Waals surface area contributed by atoms with Crippen LogP contribution in [0.5, 0.6) is 0 Å². The van der Waals surface area contributed by atoms with E-state index in [1.807, 2.05) is 4.57 Å². The number of unbranched alkanes of at least 4 members (excludes halogenated alkanes) is 1. The van der Waals surface area contributed by atoms with Crippen LogP contribution in [0.15, 0.2) is 29.2 Å². The summed E-state index contributed by atoms with van der Waals surface area (Å²) in [5.74, 6) is -0.430. The molecular formula is C23H34ClF3N4O7S2. The molecule has 17 heteroatoms. The monoisotopic (exact) mass is 634 g/mol. The molecule has 0 unspecified atom stereocenters. The molecule has 0 aliphatic rings. The van der Waals surface area contributed by atoms with Crippen LogP contribution in [0.3, 0.4) is 0 Å². The topological polar surface area (TPSA) is 173 Å². The van der Waals surface area contributed by atoms with Gasteiger partial charge in [0.1, 0.15) is 11.9 Å². The Hall–Kier alpha value is -2.24. The lowest BCUT2D eigenvalue weighted by Gasteiger charge is -2.33. The minimum atomic E-state index is -5.34. The van der Waals surface area contributed by atoms with Crippen LogP contribution in [0.2, 0.25) is 5.15 Å². The fourth-order valence-electron chi connectivity index (χ4n) is 3.69. The Kier molecular flexibility index (Phi) is 12.2. The summed E-state index contributed by atoms with van der Waals surface area (Å²) in [5, 5.41) is 23.2. The highest BCUT2D eigenvalue weighted by Gasteiger charge is 2.42. The summed E-state index contributed by atoms with van der Waals surface area (Å²) in [4.78, 5) is 16.1. The average Bonchev–Trinajstić information content (AvgIpc) is 3.09. The SMILES string of the molecule is CCCCc1nc(Cl)c(CO)n1Cc1ccc(S(=O)(=O)N(C)[C@H](C(=O)O)C(C)(C)C)cc1.NS(=O)(=O)C(F)(F)F. The summed E-state index contributed by atoms with van der Waals surface area (Å²) < 4.78 is 80.1. The van der Waals surface area contributed by atoms with Gasteiger partial charge >= 0.3 is 21.5 Å². The predicted octanol–water partition coefficient (Wildman–Crippen LogP) is 3.33. The number of carboxylic acid groups (broad SMARTS) is 1. The molecule has 0 bridgehead atoms. The minimum Gasteiger partial charge on any atom is -0.480 e. The van der Waals surface area contributed by atoms with Crippen LogP contribution in [0.4, 0.5) is 13.2 Å². The van der Waals surface area contributed by atoms with E-state index in [0.717, 1.165) is 35.0 Å². The van der Waals surface area contributed by atoms with Gasteiger partial charge in [-0.3, -0.25) is 4.79 Å². The number of carboxylic acids is 1. The molecule has 1 aromatic carbocycles. The van der Waals surface area contributed by atoms with E-state index in [1.54, 1.807) is 32.9 Å². The Balaban J connectivity index is 0.000000869. The molecule has 0 amide bonds. The van der Waals surface area contributed by atoms with Crippen LogP contribution in [0.25, 0.3) is 0 Å². The molecule has 1 heterocycles. The second kappa shape index (κ2) is 13.6. The third-order valence-corrected chi connectivity index (χ3v) is 8.47. The number of alkyl halides is 3. The lowest BCUT2D eigenvalue weighted by molar-refractivity contribution is -0.144. The molecule has 11 nitrogen and oxygen atoms in total. The first-order chi connectivity index (χ1) is 18.1. The summed E-state index contributed by atoms with van der Waals surface area (Å²) in [6.07, 6.45) is 2.64. The Morgan fingerprint density at radius 2 is 1.65 bits per heavy atom. The molecule has 228 valence electrons. The molecule has 4 N–H and O–H groups in total. The van der Waals surface area contributed by atoms with Crippen molar-refractivity contribution in [1.82, 2.24) is 13.9 Å². The van der Waals surface area contributed by atoms with E-state index in [4.69, 9.17) is 11.6 Å². The van der Waals surface area contributed by atoms with Crippen molar-refractivity contribution in [2.45, 2.75) is 76.6 Å². The van der Waals surface area contributed by atoms with Gasteiger partial charge in [0.25, 0.3) is 0 Å². The van der Waals surface area contributed by atoms with E-state index in [2.05, 4.69) is 17.0 Å². The number of hydrogen-bond donors (Lipinski definition) is 3. The number of nitrogens with zero attached hydrogens (tertiary/aromatic N) is 3. The lowest BCUT2D eigenvalue weighted by atomic mass is 9.87. The number of rotatable bonds is 10. The minimum absolute atomic E-state index is 0.0106. The molecule has 0 saturated carbocycles. The van der Waals surface area contributed by atoms with Crippen LogP contribution in [0, 0.1) is 5.41 Å². The zero-order valence-corrected chi connectivity index (χ0v) is 25.0. The number of aryl methyl sites for hydroxylation is 1. The first kappa shape index (κ1) is 35.8. The molecule has 2 rings (SSSR count). The second-order valence-electron chi connectivity index (χ2n) is 9.88. The van der Waals surface area contributed by atoms with Gasteiger partial charge in [0, 0.05) is 20.0 Å². The van der Waals surface area contributed by atoms with Gasteiger partial charge in [0.2, 0.25) is 10.0 Å². The van der Waals surface area contributed by atoms with E-state index in [-0.39, 0.29) is 16.7 Å². The van der Waals surface area contributed by atoms with Crippen molar-refractivity contribution in [2.24, 2.45) is 10.6 Å².